The maximum Gasteiger partial charge on any atom is 0.0188 e. The molecule has 1 N–H and O–H groups in total. The van der Waals surface area contributed by atoms with E-state index in [0.717, 1.165) is 13.1 Å². The molecule has 0 rings (SSSR count). The van der Waals surface area contributed by atoms with Crippen LogP contribution in [0.4, 0.5) is 0 Å². The number of hydrogen-bond acceptors (Lipinski definition) is 3. The smallest absolute Gasteiger partial charge is 0.0188 e. The van der Waals surface area contributed by atoms with E-state index in [9.17, 15) is 0 Å². The van der Waals surface area contributed by atoms with Crippen LogP contribution in [0.25, 0.3) is 0 Å². The van der Waals surface area contributed by atoms with Crippen molar-refractivity contribution in [2.75, 3.05) is 41.3 Å². The molecular formula is C11H27N3. The minimum atomic E-state index is 0.622. The van der Waals surface area contributed by atoms with Crippen LogP contribution in [0.15, 0.2) is 0 Å². The molecule has 0 aliphatic carbocycles. The zero-order valence-corrected chi connectivity index (χ0v) is 10.7. The summed E-state index contributed by atoms with van der Waals surface area (Å²) in [7, 11) is 8.49. The second-order valence-corrected chi connectivity index (χ2v) is 4.49. The Hall–Kier alpha value is -0.120. The third-order valence-electron chi connectivity index (χ3n) is 3.00. The zero-order chi connectivity index (χ0) is 11.1. The van der Waals surface area contributed by atoms with Gasteiger partial charge in [0.2, 0.25) is 0 Å². The van der Waals surface area contributed by atoms with E-state index in [4.69, 9.17) is 0 Å². The van der Waals surface area contributed by atoms with Crippen molar-refractivity contribution >= 4 is 0 Å². The maximum absolute atomic E-state index is 3.19. The Balaban J connectivity index is 3.76. The topological polar surface area (TPSA) is 18.5 Å². The van der Waals surface area contributed by atoms with Crippen LogP contribution in [-0.2, 0) is 0 Å². The molecule has 3 heteroatoms. The van der Waals surface area contributed by atoms with E-state index in [0.29, 0.717) is 12.1 Å². The fraction of sp³-hybridized carbons (Fsp3) is 1.00. The molecule has 14 heavy (non-hydrogen) atoms. The van der Waals surface area contributed by atoms with E-state index in [-0.39, 0.29) is 0 Å². The molecular weight excluding hydrogens is 174 g/mol. The van der Waals surface area contributed by atoms with Crippen LogP contribution in [0.2, 0.25) is 0 Å². The van der Waals surface area contributed by atoms with Gasteiger partial charge in [-0.3, -0.25) is 0 Å². The van der Waals surface area contributed by atoms with Crippen LogP contribution in [-0.4, -0.2) is 63.2 Å². The highest BCUT2D eigenvalue weighted by Gasteiger charge is 2.12. The molecule has 2 unspecified atom stereocenters. The fourth-order valence-electron chi connectivity index (χ4n) is 1.33. The summed E-state index contributed by atoms with van der Waals surface area (Å²) < 4.78 is 0. The van der Waals surface area contributed by atoms with Gasteiger partial charge in [-0.1, -0.05) is 0 Å². The normalized spacial score (nSPS) is 16.3. The maximum atomic E-state index is 3.19. The van der Waals surface area contributed by atoms with E-state index < -0.39 is 0 Å². The van der Waals surface area contributed by atoms with Gasteiger partial charge in [0.15, 0.2) is 0 Å². The highest BCUT2D eigenvalue weighted by Crippen LogP contribution is 2.03. The first-order valence-corrected chi connectivity index (χ1v) is 5.50. The molecule has 0 radical (unpaired) electrons. The highest BCUT2D eigenvalue weighted by atomic mass is 15.2. The van der Waals surface area contributed by atoms with E-state index in [2.05, 4.69) is 50.1 Å². The van der Waals surface area contributed by atoms with E-state index in [1.165, 1.54) is 6.42 Å². The lowest BCUT2D eigenvalue weighted by Gasteiger charge is -2.30. The number of hydrogen-bond donors (Lipinski definition) is 1. The van der Waals surface area contributed by atoms with E-state index in [1.54, 1.807) is 0 Å². The lowest BCUT2D eigenvalue weighted by Crippen LogP contribution is -2.41. The second kappa shape index (κ2) is 7.21. The van der Waals surface area contributed by atoms with Gasteiger partial charge in [0.1, 0.15) is 0 Å². The molecule has 0 aromatic carbocycles. The molecule has 0 aromatic rings. The van der Waals surface area contributed by atoms with E-state index in [1.807, 2.05) is 7.05 Å². The molecule has 3 nitrogen and oxygen atoms in total. The quantitative estimate of drug-likeness (QED) is 0.659. The predicted octanol–water partition coefficient (Wildman–Crippen LogP) is 0.866. The molecule has 2 atom stereocenters. The van der Waals surface area contributed by atoms with Crippen molar-refractivity contribution in [1.29, 1.82) is 0 Å². The average Bonchev–Trinajstić information content (AvgIpc) is 2.13. The Bertz CT molecular complexity index is 136. The first kappa shape index (κ1) is 13.9. The first-order chi connectivity index (χ1) is 6.49. The van der Waals surface area contributed by atoms with Gasteiger partial charge in [-0.25, -0.2) is 0 Å². The lowest BCUT2D eigenvalue weighted by molar-refractivity contribution is 0.179. The van der Waals surface area contributed by atoms with Gasteiger partial charge in [-0.05, 0) is 55.0 Å². The number of nitrogens with one attached hydrogen (secondary N) is 1. The molecule has 0 heterocycles. The van der Waals surface area contributed by atoms with Crippen molar-refractivity contribution in [3.8, 4) is 0 Å². The summed E-state index contributed by atoms with van der Waals surface area (Å²) >= 11 is 0. The van der Waals surface area contributed by atoms with Crippen LogP contribution in [0.5, 0.6) is 0 Å². The van der Waals surface area contributed by atoms with Gasteiger partial charge >= 0.3 is 0 Å². The monoisotopic (exact) mass is 201 g/mol. The third kappa shape index (κ3) is 5.58. The van der Waals surface area contributed by atoms with Gasteiger partial charge in [0.05, 0.1) is 0 Å². The Labute approximate surface area is 89.5 Å². The largest absolute Gasteiger partial charge is 0.320 e. The molecule has 0 saturated heterocycles. The average molecular weight is 201 g/mol. The predicted molar refractivity (Wildman–Crippen MR) is 63.8 cm³/mol. The molecule has 0 aliphatic heterocycles. The Morgan fingerprint density at radius 1 is 1.07 bits per heavy atom. The van der Waals surface area contributed by atoms with Crippen LogP contribution in [0.3, 0.4) is 0 Å². The van der Waals surface area contributed by atoms with Crippen molar-refractivity contribution in [2.45, 2.75) is 32.4 Å². The molecule has 86 valence electrons. The number of rotatable bonds is 7. The minimum absolute atomic E-state index is 0.622. The SMILES string of the molecule is CNCCC(C)N(C)CC(C)N(C)C. The van der Waals surface area contributed by atoms with Gasteiger partial charge in [-0.2, -0.15) is 0 Å². The Morgan fingerprint density at radius 3 is 2.07 bits per heavy atom. The molecule has 0 aromatic heterocycles. The molecule has 0 aliphatic rings. The van der Waals surface area contributed by atoms with Crippen LogP contribution in [0, 0.1) is 0 Å². The van der Waals surface area contributed by atoms with Gasteiger partial charge < -0.3 is 15.1 Å². The summed E-state index contributed by atoms with van der Waals surface area (Å²) in [5.41, 5.74) is 0. The summed E-state index contributed by atoms with van der Waals surface area (Å²) in [6.07, 6.45) is 1.22. The van der Waals surface area contributed by atoms with Gasteiger partial charge in [0, 0.05) is 18.6 Å². The van der Waals surface area contributed by atoms with Crippen molar-refractivity contribution < 1.29 is 0 Å². The van der Waals surface area contributed by atoms with Crippen molar-refractivity contribution in [1.82, 2.24) is 15.1 Å². The summed E-state index contributed by atoms with van der Waals surface area (Å²) in [6.45, 7) is 6.79. The summed E-state index contributed by atoms with van der Waals surface area (Å²) in [5.74, 6) is 0. The van der Waals surface area contributed by atoms with Crippen LogP contribution in [0.1, 0.15) is 20.3 Å². The summed E-state index contributed by atoms with van der Waals surface area (Å²) in [4.78, 5) is 4.70. The Kier molecular flexibility index (Phi) is 7.15. The fourth-order valence-corrected chi connectivity index (χ4v) is 1.33. The molecule has 0 saturated carbocycles. The van der Waals surface area contributed by atoms with Crippen LogP contribution >= 0.6 is 0 Å². The first-order valence-electron chi connectivity index (χ1n) is 5.50. The van der Waals surface area contributed by atoms with Gasteiger partial charge in [0.25, 0.3) is 0 Å². The minimum Gasteiger partial charge on any atom is -0.320 e. The molecule has 0 fully saturated rings. The van der Waals surface area contributed by atoms with Crippen molar-refractivity contribution in [3.05, 3.63) is 0 Å². The van der Waals surface area contributed by atoms with E-state index >= 15 is 0 Å². The molecule has 0 amide bonds. The van der Waals surface area contributed by atoms with Gasteiger partial charge in [-0.15, -0.1) is 0 Å². The Morgan fingerprint density at radius 2 is 1.64 bits per heavy atom. The number of likely N-dealkylation sites (N-methyl/N-ethyl adjacent to an activating group) is 2. The standard InChI is InChI=1S/C11H27N3/c1-10(7-8-12-3)14(6)9-11(2)13(4)5/h10-12H,7-9H2,1-6H3. The zero-order valence-electron chi connectivity index (χ0n) is 10.7. The third-order valence-corrected chi connectivity index (χ3v) is 3.00. The molecule has 0 bridgehead atoms. The highest BCUT2D eigenvalue weighted by molar-refractivity contribution is 4.70. The van der Waals surface area contributed by atoms with Crippen LogP contribution < -0.4 is 5.32 Å². The van der Waals surface area contributed by atoms with Crippen molar-refractivity contribution in [2.24, 2.45) is 0 Å². The number of nitrogens with zero attached hydrogens (tertiary/aromatic N) is 2. The lowest BCUT2D eigenvalue weighted by atomic mass is 10.2. The second-order valence-electron chi connectivity index (χ2n) is 4.49. The van der Waals surface area contributed by atoms with Crippen molar-refractivity contribution in [3.63, 3.8) is 0 Å². The summed E-state index contributed by atoms with van der Waals surface area (Å²) in [5, 5.41) is 3.19. The summed E-state index contributed by atoms with van der Waals surface area (Å²) in [6, 6.07) is 1.28. The molecule has 0 spiro atoms.